The second kappa shape index (κ2) is 6.73. The van der Waals surface area contributed by atoms with E-state index < -0.39 is 0 Å². The fourth-order valence-electron chi connectivity index (χ4n) is 2.65. The van der Waals surface area contributed by atoms with Gasteiger partial charge in [-0.3, -0.25) is 9.80 Å². The van der Waals surface area contributed by atoms with Crippen molar-refractivity contribution in [3.8, 4) is 0 Å². The Bertz CT molecular complexity index is 394. The lowest BCUT2D eigenvalue weighted by atomic mass is 10.1. The van der Waals surface area contributed by atoms with Crippen molar-refractivity contribution in [1.82, 2.24) is 9.80 Å². The van der Waals surface area contributed by atoms with E-state index in [0.29, 0.717) is 6.04 Å². The number of nitrogens with two attached hydrogens (primary N) is 1. The first-order valence-corrected chi connectivity index (χ1v) is 7.89. The summed E-state index contributed by atoms with van der Waals surface area (Å²) in [5, 5.41) is 0. The molecular formula is C15H24BrN3. The van der Waals surface area contributed by atoms with Gasteiger partial charge in [0, 0.05) is 48.9 Å². The number of hydrogen-bond acceptors (Lipinski definition) is 3. The van der Waals surface area contributed by atoms with Gasteiger partial charge in [0.25, 0.3) is 0 Å². The SMILES string of the molecule is CCC(C)N1CCN(Cc2cc(N)cc(Br)c2)CC1. The third kappa shape index (κ3) is 4.20. The molecule has 0 saturated carbocycles. The van der Waals surface area contributed by atoms with Crippen molar-refractivity contribution >= 4 is 21.6 Å². The van der Waals surface area contributed by atoms with E-state index in [1.54, 1.807) is 0 Å². The normalized spacial score (nSPS) is 19.5. The largest absolute Gasteiger partial charge is 0.399 e. The minimum absolute atomic E-state index is 0.712. The summed E-state index contributed by atoms with van der Waals surface area (Å²) >= 11 is 3.51. The van der Waals surface area contributed by atoms with E-state index in [1.165, 1.54) is 25.1 Å². The van der Waals surface area contributed by atoms with Gasteiger partial charge in [0.1, 0.15) is 0 Å². The van der Waals surface area contributed by atoms with E-state index in [9.17, 15) is 0 Å². The summed E-state index contributed by atoms with van der Waals surface area (Å²) in [6.45, 7) is 10.2. The standard InChI is InChI=1S/C15H24BrN3/c1-3-12(2)19-6-4-18(5-7-19)11-13-8-14(16)10-15(17)9-13/h8-10,12H,3-7,11,17H2,1-2H3. The number of hydrogen-bond donors (Lipinski definition) is 1. The van der Waals surface area contributed by atoms with Crippen molar-refractivity contribution in [1.29, 1.82) is 0 Å². The molecule has 1 aromatic carbocycles. The van der Waals surface area contributed by atoms with Gasteiger partial charge in [-0.05, 0) is 37.1 Å². The quantitative estimate of drug-likeness (QED) is 0.864. The molecule has 2 N–H and O–H groups in total. The molecule has 0 aliphatic carbocycles. The van der Waals surface area contributed by atoms with Gasteiger partial charge in [-0.2, -0.15) is 0 Å². The zero-order chi connectivity index (χ0) is 13.8. The summed E-state index contributed by atoms with van der Waals surface area (Å²) in [7, 11) is 0. The van der Waals surface area contributed by atoms with Crippen LogP contribution in [0.15, 0.2) is 22.7 Å². The molecule has 1 saturated heterocycles. The first-order valence-electron chi connectivity index (χ1n) is 7.10. The van der Waals surface area contributed by atoms with Gasteiger partial charge >= 0.3 is 0 Å². The molecule has 1 unspecified atom stereocenters. The number of benzene rings is 1. The number of anilines is 1. The van der Waals surface area contributed by atoms with Crippen LogP contribution >= 0.6 is 15.9 Å². The molecule has 0 aromatic heterocycles. The van der Waals surface area contributed by atoms with Crippen LogP contribution in [0.1, 0.15) is 25.8 Å². The van der Waals surface area contributed by atoms with Crippen LogP contribution in [0.2, 0.25) is 0 Å². The number of halogens is 1. The Morgan fingerprint density at radius 1 is 1.21 bits per heavy atom. The molecule has 0 amide bonds. The highest BCUT2D eigenvalue weighted by molar-refractivity contribution is 9.10. The zero-order valence-electron chi connectivity index (χ0n) is 11.9. The highest BCUT2D eigenvalue weighted by Crippen LogP contribution is 2.19. The van der Waals surface area contributed by atoms with Gasteiger partial charge in [0.05, 0.1) is 0 Å². The lowest BCUT2D eigenvalue weighted by Crippen LogP contribution is -2.48. The van der Waals surface area contributed by atoms with Crippen molar-refractivity contribution in [3.63, 3.8) is 0 Å². The monoisotopic (exact) mass is 325 g/mol. The molecule has 106 valence electrons. The molecule has 19 heavy (non-hydrogen) atoms. The number of nitrogen functional groups attached to an aromatic ring is 1. The molecule has 0 radical (unpaired) electrons. The Balaban J connectivity index is 1.88. The second-order valence-corrected chi connectivity index (χ2v) is 6.38. The van der Waals surface area contributed by atoms with E-state index in [1.807, 2.05) is 6.07 Å². The Hall–Kier alpha value is -0.580. The van der Waals surface area contributed by atoms with Gasteiger partial charge < -0.3 is 5.73 Å². The molecule has 1 aliphatic heterocycles. The summed E-state index contributed by atoms with van der Waals surface area (Å²) in [6.07, 6.45) is 1.24. The molecule has 1 aromatic rings. The highest BCUT2D eigenvalue weighted by atomic mass is 79.9. The molecule has 0 bridgehead atoms. The first kappa shape index (κ1) is 14.8. The molecule has 0 spiro atoms. The first-order chi connectivity index (χ1) is 9.08. The van der Waals surface area contributed by atoms with Crippen molar-refractivity contribution in [3.05, 3.63) is 28.2 Å². The van der Waals surface area contributed by atoms with Crippen LogP contribution in [0.25, 0.3) is 0 Å². The van der Waals surface area contributed by atoms with Crippen molar-refractivity contribution in [2.24, 2.45) is 0 Å². The molecule has 1 fully saturated rings. The van der Waals surface area contributed by atoms with E-state index in [0.717, 1.165) is 29.8 Å². The zero-order valence-corrected chi connectivity index (χ0v) is 13.5. The average molecular weight is 326 g/mol. The van der Waals surface area contributed by atoms with Gasteiger partial charge in [-0.25, -0.2) is 0 Å². The van der Waals surface area contributed by atoms with Gasteiger partial charge in [-0.1, -0.05) is 22.9 Å². The molecule has 2 rings (SSSR count). The van der Waals surface area contributed by atoms with Crippen LogP contribution in [0, 0.1) is 0 Å². The third-order valence-electron chi connectivity index (χ3n) is 4.01. The summed E-state index contributed by atoms with van der Waals surface area (Å²) in [5.74, 6) is 0. The Kier molecular flexibility index (Phi) is 5.25. The lowest BCUT2D eigenvalue weighted by molar-refractivity contribution is 0.0964. The van der Waals surface area contributed by atoms with E-state index in [2.05, 4.69) is 51.7 Å². The van der Waals surface area contributed by atoms with Gasteiger partial charge in [0.2, 0.25) is 0 Å². The van der Waals surface area contributed by atoms with Crippen LogP contribution in [0.3, 0.4) is 0 Å². The molecular weight excluding hydrogens is 302 g/mol. The predicted octanol–water partition coefficient (Wildman–Crippen LogP) is 2.95. The van der Waals surface area contributed by atoms with Crippen LogP contribution in [-0.2, 0) is 6.54 Å². The van der Waals surface area contributed by atoms with Gasteiger partial charge in [0.15, 0.2) is 0 Å². The van der Waals surface area contributed by atoms with E-state index in [4.69, 9.17) is 5.73 Å². The van der Waals surface area contributed by atoms with Crippen molar-refractivity contribution in [2.45, 2.75) is 32.9 Å². The smallest absolute Gasteiger partial charge is 0.0328 e. The maximum Gasteiger partial charge on any atom is 0.0328 e. The Labute approximate surface area is 124 Å². The van der Waals surface area contributed by atoms with Gasteiger partial charge in [-0.15, -0.1) is 0 Å². The van der Waals surface area contributed by atoms with E-state index >= 15 is 0 Å². The summed E-state index contributed by atoms with van der Waals surface area (Å²) in [4.78, 5) is 5.10. The predicted molar refractivity (Wildman–Crippen MR) is 85.2 cm³/mol. The molecule has 1 heterocycles. The second-order valence-electron chi connectivity index (χ2n) is 5.46. The molecule has 4 heteroatoms. The average Bonchev–Trinajstić information content (AvgIpc) is 2.37. The Morgan fingerprint density at radius 3 is 2.47 bits per heavy atom. The third-order valence-corrected chi connectivity index (χ3v) is 4.46. The van der Waals surface area contributed by atoms with E-state index in [-0.39, 0.29) is 0 Å². The van der Waals surface area contributed by atoms with Crippen LogP contribution < -0.4 is 5.73 Å². The minimum Gasteiger partial charge on any atom is -0.399 e. The molecule has 1 aliphatic rings. The lowest BCUT2D eigenvalue weighted by Gasteiger charge is -2.37. The van der Waals surface area contributed by atoms with Crippen LogP contribution in [0.5, 0.6) is 0 Å². The van der Waals surface area contributed by atoms with Crippen LogP contribution in [0.4, 0.5) is 5.69 Å². The number of piperazine rings is 1. The fourth-order valence-corrected chi connectivity index (χ4v) is 3.20. The fraction of sp³-hybridized carbons (Fsp3) is 0.600. The summed E-state index contributed by atoms with van der Waals surface area (Å²) in [6, 6.07) is 6.90. The van der Waals surface area contributed by atoms with Crippen molar-refractivity contribution < 1.29 is 0 Å². The molecule has 1 atom stereocenters. The number of nitrogens with zero attached hydrogens (tertiary/aromatic N) is 2. The highest BCUT2D eigenvalue weighted by Gasteiger charge is 2.20. The van der Waals surface area contributed by atoms with Crippen molar-refractivity contribution in [2.75, 3.05) is 31.9 Å². The minimum atomic E-state index is 0.712. The van der Waals surface area contributed by atoms with Crippen LogP contribution in [-0.4, -0.2) is 42.0 Å². The topological polar surface area (TPSA) is 32.5 Å². The summed E-state index contributed by atoms with van der Waals surface area (Å²) < 4.78 is 1.07. The maximum absolute atomic E-state index is 5.89. The maximum atomic E-state index is 5.89. The Morgan fingerprint density at radius 2 is 1.89 bits per heavy atom. The molecule has 3 nitrogen and oxygen atoms in total. The number of rotatable bonds is 4. The summed E-state index contributed by atoms with van der Waals surface area (Å²) in [5.41, 5.74) is 8.02.